The van der Waals surface area contributed by atoms with Crippen molar-refractivity contribution in [1.29, 1.82) is 0 Å². The Kier molecular flexibility index (Phi) is 3.84. The highest BCUT2D eigenvalue weighted by Gasteiger charge is 2.42. The first kappa shape index (κ1) is 14.2. The molecule has 0 aromatic carbocycles. The Morgan fingerprint density at radius 3 is 3.05 bits per heavy atom. The van der Waals surface area contributed by atoms with Gasteiger partial charge < -0.3 is 10.1 Å². The van der Waals surface area contributed by atoms with Crippen molar-refractivity contribution in [2.24, 2.45) is 5.92 Å². The Morgan fingerprint density at radius 2 is 2.27 bits per heavy atom. The summed E-state index contributed by atoms with van der Waals surface area (Å²) >= 11 is 0. The molecule has 3 fully saturated rings. The Bertz CT molecular complexity index is 532. The van der Waals surface area contributed by atoms with Crippen LogP contribution in [0.2, 0.25) is 0 Å². The smallest absolute Gasteiger partial charge is 0.224 e. The van der Waals surface area contributed by atoms with E-state index in [4.69, 9.17) is 4.74 Å². The number of nitrogens with one attached hydrogen (secondary N) is 1. The molecule has 2 aliphatic heterocycles. The molecule has 0 unspecified atom stereocenters. The van der Waals surface area contributed by atoms with Gasteiger partial charge in [0.25, 0.3) is 0 Å². The summed E-state index contributed by atoms with van der Waals surface area (Å²) in [6, 6.07) is 6.88. The Hall–Kier alpha value is -1.46. The summed E-state index contributed by atoms with van der Waals surface area (Å²) in [6.45, 7) is 2.43. The van der Waals surface area contributed by atoms with Crippen LogP contribution in [0.4, 0.5) is 0 Å². The molecular formula is C17H23N3O2. The number of likely N-dealkylation sites (tertiary alicyclic amines) is 1. The normalized spacial score (nSPS) is 31.7. The number of pyridine rings is 1. The van der Waals surface area contributed by atoms with Gasteiger partial charge >= 0.3 is 0 Å². The molecule has 0 spiro atoms. The first-order valence-electron chi connectivity index (χ1n) is 8.35. The average Bonchev–Trinajstić information content (AvgIpc) is 3.21. The Morgan fingerprint density at radius 1 is 1.36 bits per heavy atom. The number of aromatic nitrogens is 1. The number of hydrogen-bond donors (Lipinski definition) is 1. The van der Waals surface area contributed by atoms with Gasteiger partial charge in [0.15, 0.2) is 0 Å². The molecule has 1 amide bonds. The second kappa shape index (κ2) is 5.97. The number of fused-ring (bicyclic) bond motifs is 1. The van der Waals surface area contributed by atoms with E-state index in [1.54, 1.807) is 0 Å². The van der Waals surface area contributed by atoms with Crippen LogP contribution in [0.1, 0.15) is 31.4 Å². The van der Waals surface area contributed by atoms with Crippen molar-refractivity contribution in [3.05, 3.63) is 30.1 Å². The molecule has 1 N–H and O–H groups in total. The number of piperidine rings is 1. The van der Waals surface area contributed by atoms with Gasteiger partial charge in [-0.15, -0.1) is 0 Å². The van der Waals surface area contributed by atoms with Gasteiger partial charge in [-0.05, 0) is 37.8 Å². The van der Waals surface area contributed by atoms with Crippen LogP contribution in [0.15, 0.2) is 24.4 Å². The van der Waals surface area contributed by atoms with Crippen molar-refractivity contribution in [2.75, 3.05) is 13.2 Å². The first-order chi connectivity index (χ1) is 10.8. The maximum atomic E-state index is 12.4. The molecule has 1 saturated carbocycles. The van der Waals surface area contributed by atoms with Crippen molar-refractivity contribution in [3.63, 3.8) is 0 Å². The number of hydrogen-bond acceptors (Lipinski definition) is 4. The molecular weight excluding hydrogens is 278 g/mol. The topological polar surface area (TPSA) is 54.5 Å². The summed E-state index contributed by atoms with van der Waals surface area (Å²) in [5, 5.41) is 3.15. The molecule has 22 heavy (non-hydrogen) atoms. The third-order valence-electron chi connectivity index (χ3n) is 5.00. The SMILES string of the molecule is O=C(NC1CC1)[C@H]1C[C@H]2OCC[C@H]2N(Cc2ccccn2)C1. The molecule has 5 heteroatoms. The van der Waals surface area contributed by atoms with Crippen LogP contribution in [-0.4, -0.2) is 47.1 Å². The van der Waals surface area contributed by atoms with Crippen LogP contribution in [0.25, 0.3) is 0 Å². The summed E-state index contributed by atoms with van der Waals surface area (Å²) in [5.41, 5.74) is 1.07. The second-order valence-corrected chi connectivity index (χ2v) is 6.73. The number of carbonyl (C=O) groups is 1. The zero-order valence-corrected chi connectivity index (χ0v) is 12.8. The fourth-order valence-corrected chi connectivity index (χ4v) is 3.67. The van der Waals surface area contributed by atoms with Gasteiger partial charge in [0, 0.05) is 38.0 Å². The van der Waals surface area contributed by atoms with Crippen LogP contribution in [0.5, 0.6) is 0 Å². The predicted molar refractivity (Wildman–Crippen MR) is 82.1 cm³/mol. The molecule has 2 saturated heterocycles. The number of carbonyl (C=O) groups excluding carboxylic acids is 1. The van der Waals surface area contributed by atoms with Gasteiger partial charge in [-0.25, -0.2) is 0 Å². The summed E-state index contributed by atoms with van der Waals surface area (Å²) in [6.07, 6.45) is 6.24. The maximum absolute atomic E-state index is 12.4. The van der Waals surface area contributed by atoms with Gasteiger partial charge in [-0.2, -0.15) is 0 Å². The molecule has 0 bridgehead atoms. The molecule has 118 valence electrons. The Labute approximate surface area is 131 Å². The third-order valence-corrected chi connectivity index (χ3v) is 5.00. The second-order valence-electron chi connectivity index (χ2n) is 6.73. The highest BCUT2D eigenvalue weighted by atomic mass is 16.5. The fraction of sp³-hybridized carbons (Fsp3) is 0.647. The zero-order valence-electron chi connectivity index (χ0n) is 12.8. The average molecular weight is 301 g/mol. The minimum atomic E-state index is 0.0451. The number of amides is 1. The molecule has 1 aromatic rings. The van der Waals surface area contributed by atoms with E-state index in [1.165, 1.54) is 0 Å². The van der Waals surface area contributed by atoms with Gasteiger partial charge in [-0.3, -0.25) is 14.7 Å². The van der Waals surface area contributed by atoms with E-state index in [2.05, 4.69) is 21.3 Å². The van der Waals surface area contributed by atoms with E-state index in [1.807, 2.05) is 18.3 Å². The molecule has 4 rings (SSSR count). The highest BCUT2D eigenvalue weighted by molar-refractivity contribution is 5.79. The monoisotopic (exact) mass is 301 g/mol. The van der Waals surface area contributed by atoms with Gasteiger partial charge in [-0.1, -0.05) is 6.07 Å². The third kappa shape index (κ3) is 3.01. The molecule has 1 aliphatic carbocycles. The standard InChI is InChI=1S/C17H23N3O2/c21-17(19-13-4-5-13)12-9-16-15(6-8-22-16)20(10-12)11-14-3-1-2-7-18-14/h1-3,7,12-13,15-16H,4-6,8-11H2,(H,19,21)/t12-,15+,16+/m0/s1. The Balaban J connectivity index is 1.46. The zero-order chi connectivity index (χ0) is 14.9. The minimum absolute atomic E-state index is 0.0451. The van der Waals surface area contributed by atoms with Crippen LogP contribution >= 0.6 is 0 Å². The van der Waals surface area contributed by atoms with Crippen molar-refractivity contribution < 1.29 is 9.53 Å². The van der Waals surface area contributed by atoms with E-state index in [0.29, 0.717) is 12.1 Å². The van der Waals surface area contributed by atoms with E-state index < -0.39 is 0 Å². The number of nitrogens with zero attached hydrogens (tertiary/aromatic N) is 2. The predicted octanol–water partition coefficient (Wildman–Crippen LogP) is 1.34. The largest absolute Gasteiger partial charge is 0.377 e. The molecule has 5 nitrogen and oxygen atoms in total. The summed E-state index contributed by atoms with van der Waals surface area (Å²) in [4.78, 5) is 19.3. The lowest BCUT2D eigenvalue weighted by molar-refractivity contribution is -0.129. The summed E-state index contributed by atoms with van der Waals surface area (Å²) in [5.74, 6) is 0.256. The molecule has 0 radical (unpaired) electrons. The molecule has 3 atom stereocenters. The highest BCUT2D eigenvalue weighted by Crippen LogP contribution is 2.32. The number of rotatable bonds is 4. The lowest BCUT2D eigenvalue weighted by Gasteiger charge is -2.40. The van der Waals surface area contributed by atoms with E-state index >= 15 is 0 Å². The number of ether oxygens (including phenoxy) is 1. The van der Waals surface area contributed by atoms with Crippen LogP contribution in [0, 0.1) is 5.92 Å². The van der Waals surface area contributed by atoms with Gasteiger partial charge in [0.1, 0.15) is 0 Å². The van der Waals surface area contributed by atoms with E-state index in [9.17, 15) is 4.79 Å². The molecule has 3 aliphatic rings. The quantitative estimate of drug-likeness (QED) is 0.912. The molecule has 3 heterocycles. The van der Waals surface area contributed by atoms with Crippen molar-refractivity contribution >= 4 is 5.91 Å². The summed E-state index contributed by atoms with van der Waals surface area (Å²) in [7, 11) is 0. The van der Waals surface area contributed by atoms with Crippen molar-refractivity contribution in [2.45, 2.75) is 50.4 Å². The lowest BCUT2D eigenvalue weighted by atomic mass is 9.89. The van der Waals surface area contributed by atoms with E-state index in [-0.39, 0.29) is 17.9 Å². The van der Waals surface area contributed by atoms with Gasteiger partial charge in [0.2, 0.25) is 5.91 Å². The van der Waals surface area contributed by atoms with Crippen LogP contribution in [-0.2, 0) is 16.1 Å². The van der Waals surface area contributed by atoms with Crippen LogP contribution in [0.3, 0.4) is 0 Å². The lowest BCUT2D eigenvalue weighted by Crippen LogP contribution is -2.52. The van der Waals surface area contributed by atoms with Crippen molar-refractivity contribution in [3.8, 4) is 0 Å². The maximum Gasteiger partial charge on any atom is 0.224 e. The molecule has 1 aromatic heterocycles. The van der Waals surface area contributed by atoms with Crippen molar-refractivity contribution in [1.82, 2.24) is 15.2 Å². The first-order valence-corrected chi connectivity index (χ1v) is 8.35. The minimum Gasteiger partial charge on any atom is -0.377 e. The van der Waals surface area contributed by atoms with Gasteiger partial charge in [0.05, 0.1) is 17.7 Å². The van der Waals surface area contributed by atoms with E-state index in [0.717, 1.165) is 51.1 Å². The van der Waals surface area contributed by atoms with Crippen LogP contribution < -0.4 is 5.32 Å². The summed E-state index contributed by atoms with van der Waals surface area (Å²) < 4.78 is 5.88. The fourth-order valence-electron chi connectivity index (χ4n) is 3.67.